The molecule has 2 saturated carbocycles. The van der Waals surface area contributed by atoms with Gasteiger partial charge in [-0.2, -0.15) is 0 Å². The molecule has 1 aromatic rings. The third-order valence-electron chi connectivity index (χ3n) is 4.21. The molecule has 0 aliphatic heterocycles. The van der Waals surface area contributed by atoms with Crippen LogP contribution in [0.25, 0.3) is 0 Å². The Kier molecular flexibility index (Phi) is 6.52. The molecule has 0 unspecified atom stereocenters. The third-order valence-corrected chi connectivity index (χ3v) is 4.21. The number of rotatable bonds is 8. The molecular weight excluding hydrogens is 300 g/mol. The predicted octanol–water partition coefficient (Wildman–Crippen LogP) is 2.66. The maximum absolute atomic E-state index is 11.8. The lowest BCUT2D eigenvalue weighted by Crippen LogP contribution is -2.34. The van der Waals surface area contributed by atoms with E-state index in [4.69, 9.17) is 4.74 Å². The largest absolute Gasteiger partial charge is 0.490 e. The Hall–Kier alpha value is -1.26. The Labute approximate surface area is 138 Å². The van der Waals surface area contributed by atoms with Crippen molar-refractivity contribution in [2.24, 2.45) is 5.92 Å². The minimum absolute atomic E-state index is 0. The fraction of sp³-hybridized carbons (Fsp3) is 0.588. The third kappa shape index (κ3) is 5.18. The van der Waals surface area contributed by atoms with Crippen LogP contribution in [-0.4, -0.2) is 25.1 Å². The molecule has 4 nitrogen and oxygen atoms in total. The van der Waals surface area contributed by atoms with Crippen molar-refractivity contribution in [3.05, 3.63) is 29.8 Å². The van der Waals surface area contributed by atoms with Crippen LogP contribution in [0, 0.1) is 5.92 Å². The lowest BCUT2D eigenvalue weighted by Gasteiger charge is -2.27. The number of halogens is 1. The molecule has 22 heavy (non-hydrogen) atoms. The predicted molar refractivity (Wildman–Crippen MR) is 89.4 cm³/mol. The highest BCUT2D eigenvalue weighted by Gasteiger charge is 2.21. The molecule has 2 N–H and O–H groups in total. The molecule has 5 heteroatoms. The molecule has 0 heterocycles. The average molecular weight is 325 g/mol. The second-order valence-corrected chi connectivity index (χ2v) is 6.13. The minimum atomic E-state index is 0. The van der Waals surface area contributed by atoms with Gasteiger partial charge in [-0.3, -0.25) is 4.79 Å². The SMILES string of the molecule is Cl.O=C(CNCC1CC1)NCc1ccccc1OC1CCC1. The van der Waals surface area contributed by atoms with Crippen molar-refractivity contribution < 1.29 is 9.53 Å². The smallest absolute Gasteiger partial charge is 0.234 e. The quantitative estimate of drug-likeness (QED) is 0.773. The van der Waals surface area contributed by atoms with Crippen LogP contribution < -0.4 is 15.4 Å². The van der Waals surface area contributed by atoms with Crippen LogP contribution in [0.15, 0.2) is 24.3 Å². The van der Waals surface area contributed by atoms with E-state index in [-0.39, 0.29) is 18.3 Å². The van der Waals surface area contributed by atoms with Crippen LogP contribution in [0.3, 0.4) is 0 Å². The van der Waals surface area contributed by atoms with Crippen molar-refractivity contribution >= 4 is 18.3 Å². The van der Waals surface area contributed by atoms with Crippen molar-refractivity contribution in [2.45, 2.75) is 44.8 Å². The fourth-order valence-electron chi connectivity index (χ4n) is 2.40. The number of ether oxygens (including phenoxy) is 1. The minimum Gasteiger partial charge on any atom is -0.490 e. The van der Waals surface area contributed by atoms with Crippen LogP contribution in [0.2, 0.25) is 0 Å². The molecule has 0 aromatic heterocycles. The Balaban J connectivity index is 0.00000176. The Morgan fingerprint density at radius 1 is 1.18 bits per heavy atom. The first-order valence-corrected chi connectivity index (χ1v) is 8.03. The first-order chi connectivity index (χ1) is 10.3. The molecule has 2 fully saturated rings. The molecule has 0 saturated heterocycles. The molecule has 1 amide bonds. The molecule has 0 spiro atoms. The Morgan fingerprint density at radius 2 is 1.95 bits per heavy atom. The summed E-state index contributed by atoms with van der Waals surface area (Å²) in [6.07, 6.45) is 6.52. The van der Waals surface area contributed by atoms with Gasteiger partial charge in [0.25, 0.3) is 0 Å². The summed E-state index contributed by atoms with van der Waals surface area (Å²) in [6.45, 7) is 1.91. The van der Waals surface area contributed by atoms with Gasteiger partial charge < -0.3 is 15.4 Å². The van der Waals surface area contributed by atoms with E-state index in [9.17, 15) is 4.79 Å². The zero-order valence-electron chi connectivity index (χ0n) is 12.8. The van der Waals surface area contributed by atoms with Gasteiger partial charge in [-0.1, -0.05) is 18.2 Å². The van der Waals surface area contributed by atoms with Gasteiger partial charge in [0.05, 0.1) is 12.6 Å². The summed E-state index contributed by atoms with van der Waals surface area (Å²) in [5, 5.41) is 6.17. The van der Waals surface area contributed by atoms with Gasteiger partial charge in [0.15, 0.2) is 0 Å². The monoisotopic (exact) mass is 324 g/mol. The van der Waals surface area contributed by atoms with E-state index in [0.717, 1.165) is 36.6 Å². The average Bonchev–Trinajstić information content (AvgIpc) is 3.26. The molecule has 1 aromatic carbocycles. The molecule has 0 atom stereocenters. The number of benzene rings is 1. The summed E-state index contributed by atoms with van der Waals surface area (Å²) in [5.41, 5.74) is 1.06. The number of hydrogen-bond donors (Lipinski definition) is 2. The first-order valence-electron chi connectivity index (χ1n) is 8.03. The van der Waals surface area contributed by atoms with Gasteiger partial charge in [-0.15, -0.1) is 12.4 Å². The first kappa shape index (κ1) is 17.1. The van der Waals surface area contributed by atoms with E-state index >= 15 is 0 Å². The van der Waals surface area contributed by atoms with Crippen LogP contribution in [0.1, 0.15) is 37.7 Å². The van der Waals surface area contributed by atoms with Crippen molar-refractivity contribution in [2.75, 3.05) is 13.1 Å². The van der Waals surface area contributed by atoms with Crippen LogP contribution in [0.5, 0.6) is 5.75 Å². The summed E-state index contributed by atoms with van der Waals surface area (Å²) in [5.74, 6) is 1.76. The zero-order valence-corrected chi connectivity index (χ0v) is 13.7. The summed E-state index contributed by atoms with van der Waals surface area (Å²) in [7, 11) is 0. The van der Waals surface area contributed by atoms with Crippen molar-refractivity contribution in [1.29, 1.82) is 0 Å². The van der Waals surface area contributed by atoms with Crippen LogP contribution >= 0.6 is 12.4 Å². The van der Waals surface area contributed by atoms with Crippen molar-refractivity contribution in [1.82, 2.24) is 10.6 Å². The van der Waals surface area contributed by atoms with Crippen LogP contribution in [-0.2, 0) is 11.3 Å². The highest BCUT2D eigenvalue weighted by molar-refractivity contribution is 5.85. The molecule has 0 bridgehead atoms. The van der Waals surface area contributed by atoms with E-state index in [0.29, 0.717) is 19.2 Å². The number of nitrogens with one attached hydrogen (secondary N) is 2. The number of carbonyl (C=O) groups excluding carboxylic acids is 1. The molecule has 2 aliphatic carbocycles. The zero-order chi connectivity index (χ0) is 14.5. The lowest BCUT2D eigenvalue weighted by molar-refractivity contribution is -0.120. The van der Waals surface area contributed by atoms with E-state index in [1.165, 1.54) is 19.3 Å². The second-order valence-electron chi connectivity index (χ2n) is 6.13. The van der Waals surface area contributed by atoms with Gasteiger partial charge in [0.1, 0.15) is 5.75 Å². The molecule has 3 rings (SSSR count). The van der Waals surface area contributed by atoms with Gasteiger partial charge in [0.2, 0.25) is 5.91 Å². The number of carbonyl (C=O) groups is 1. The highest BCUT2D eigenvalue weighted by atomic mass is 35.5. The van der Waals surface area contributed by atoms with Gasteiger partial charge >= 0.3 is 0 Å². The number of amides is 1. The Bertz CT molecular complexity index is 487. The topological polar surface area (TPSA) is 50.4 Å². The van der Waals surface area contributed by atoms with E-state index < -0.39 is 0 Å². The summed E-state index contributed by atoms with van der Waals surface area (Å²) in [4.78, 5) is 11.8. The molecule has 122 valence electrons. The molecule has 2 aliphatic rings. The summed E-state index contributed by atoms with van der Waals surface area (Å²) in [6, 6.07) is 7.98. The van der Waals surface area contributed by atoms with Gasteiger partial charge in [-0.05, 0) is 50.6 Å². The van der Waals surface area contributed by atoms with Crippen molar-refractivity contribution in [3.63, 3.8) is 0 Å². The highest BCUT2D eigenvalue weighted by Crippen LogP contribution is 2.28. The standard InChI is InChI=1S/C17H24N2O2.ClH/c20-17(12-18-10-13-8-9-13)19-11-14-4-1-2-7-16(14)21-15-5-3-6-15;/h1-2,4,7,13,15,18H,3,5-6,8-12H2,(H,19,20);1H. The van der Waals surface area contributed by atoms with E-state index in [1.54, 1.807) is 0 Å². The number of hydrogen-bond acceptors (Lipinski definition) is 3. The summed E-state index contributed by atoms with van der Waals surface area (Å²) >= 11 is 0. The van der Waals surface area contributed by atoms with Crippen molar-refractivity contribution in [3.8, 4) is 5.75 Å². The summed E-state index contributed by atoms with van der Waals surface area (Å²) < 4.78 is 5.97. The van der Waals surface area contributed by atoms with E-state index in [2.05, 4.69) is 10.6 Å². The molecular formula is C17H25ClN2O2. The normalized spacial score (nSPS) is 17.3. The fourth-order valence-corrected chi connectivity index (χ4v) is 2.40. The van der Waals surface area contributed by atoms with Crippen LogP contribution in [0.4, 0.5) is 0 Å². The lowest BCUT2D eigenvalue weighted by atomic mass is 9.96. The molecule has 0 radical (unpaired) electrons. The Morgan fingerprint density at radius 3 is 2.64 bits per heavy atom. The second kappa shape index (κ2) is 8.39. The van der Waals surface area contributed by atoms with Gasteiger partial charge in [0, 0.05) is 12.1 Å². The number of para-hydroxylation sites is 1. The van der Waals surface area contributed by atoms with Gasteiger partial charge in [-0.25, -0.2) is 0 Å². The maximum Gasteiger partial charge on any atom is 0.234 e. The van der Waals surface area contributed by atoms with E-state index in [1.807, 2.05) is 24.3 Å². The maximum atomic E-state index is 11.8.